The summed E-state index contributed by atoms with van der Waals surface area (Å²) < 4.78 is 7.71. The second-order valence-corrected chi connectivity index (χ2v) is 7.77. The van der Waals surface area contributed by atoms with Gasteiger partial charge in [-0.1, -0.05) is 72.3 Å². The summed E-state index contributed by atoms with van der Waals surface area (Å²) in [6.07, 6.45) is 0. The van der Waals surface area contributed by atoms with Crippen LogP contribution in [-0.2, 0) is 6.61 Å². The predicted octanol–water partition coefficient (Wildman–Crippen LogP) is 5.65. The number of hydrogen-bond donors (Lipinski definition) is 1. The molecule has 0 amide bonds. The molecule has 0 atom stereocenters. The number of fused-ring (bicyclic) bond motifs is 1. The normalized spacial score (nSPS) is 10.9. The van der Waals surface area contributed by atoms with Crippen LogP contribution in [0.15, 0.2) is 91.0 Å². The molecule has 0 saturated carbocycles. The zero-order valence-electron chi connectivity index (χ0n) is 18.0. The molecule has 0 aliphatic rings. The highest BCUT2D eigenvalue weighted by Crippen LogP contribution is 2.33. The van der Waals surface area contributed by atoms with Gasteiger partial charge >= 0.3 is 5.97 Å². The van der Waals surface area contributed by atoms with Gasteiger partial charge in [-0.25, -0.2) is 14.3 Å². The fourth-order valence-corrected chi connectivity index (χ4v) is 3.69. The maximum atomic E-state index is 11.6. The standard InChI is InChI=1S/C27H21N3O3/c1-18-11-13-20(14-12-18)24-15-22(28-26-16-23(27(31)32)29-30(24)26)21-9-5-6-10-25(21)33-17-19-7-3-2-4-8-19/h2-16H,17H2,1H3,(H,31,32). The van der Waals surface area contributed by atoms with Gasteiger partial charge in [0.25, 0.3) is 0 Å². The molecule has 6 heteroatoms. The number of carboxylic acid groups (broad SMARTS) is 1. The third-order valence-electron chi connectivity index (χ3n) is 5.39. The van der Waals surface area contributed by atoms with Crippen LogP contribution in [-0.4, -0.2) is 25.7 Å². The van der Waals surface area contributed by atoms with Gasteiger partial charge in [0.2, 0.25) is 0 Å². The van der Waals surface area contributed by atoms with Crippen molar-refractivity contribution in [1.82, 2.24) is 14.6 Å². The molecular weight excluding hydrogens is 414 g/mol. The summed E-state index contributed by atoms with van der Waals surface area (Å²) in [5.74, 6) is -0.394. The number of aromatic carboxylic acids is 1. The van der Waals surface area contributed by atoms with Crippen molar-refractivity contribution in [3.8, 4) is 28.3 Å². The lowest BCUT2D eigenvalue weighted by Gasteiger charge is -2.13. The molecule has 1 N–H and O–H groups in total. The first-order valence-corrected chi connectivity index (χ1v) is 10.6. The number of carboxylic acids is 1. The van der Waals surface area contributed by atoms with Crippen molar-refractivity contribution in [3.63, 3.8) is 0 Å². The highest BCUT2D eigenvalue weighted by Gasteiger charge is 2.17. The minimum Gasteiger partial charge on any atom is -0.488 e. The van der Waals surface area contributed by atoms with Gasteiger partial charge in [-0.3, -0.25) is 0 Å². The number of para-hydroxylation sites is 1. The summed E-state index contributed by atoms with van der Waals surface area (Å²) in [7, 11) is 0. The molecular formula is C27H21N3O3. The average Bonchev–Trinajstić information content (AvgIpc) is 3.28. The Labute approximate surface area is 190 Å². The van der Waals surface area contributed by atoms with Crippen molar-refractivity contribution in [2.75, 3.05) is 0 Å². The first-order valence-electron chi connectivity index (χ1n) is 10.6. The van der Waals surface area contributed by atoms with Crippen LogP contribution in [0.25, 0.3) is 28.2 Å². The molecule has 0 fully saturated rings. The lowest BCUT2D eigenvalue weighted by atomic mass is 10.1. The first kappa shape index (κ1) is 20.5. The van der Waals surface area contributed by atoms with E-state index in [1.54, 1.807) is 4.52 Å². The number of aryl methyl sites for hydroxylation is 1. The van der Waals surface area contributed by atoms with Crippen molar-refractivity contribution < 1.29 is 14.6 Å². The highest BCUT2D eigenvalue weighted by atomic mass is 16.5. The molecule has 0 bridgehead atoms. The van der Waals surface area contributed by atoms with Gasteiger partial charge in [0.15, 0.2) is 11.3 Å². The number of ether oxygens (including phenoxy) is 1. The third-order valence-corrected chi connectivity index (χ3v) is 5.39. The molecule has 0 radical (unpaired) electrons. The van der Waals surface area contributed by atoms with E-state index in [2.05, 4.69) is 5.10 Å². The van der Waals surface area contributed by atoms with Crippen LogP contribution in [0.2, 0.25) is 0 Å². The van der Waals surface area contributed by atoms with Gasteiger partial charge in [0.05, 0.1) is 11.4 Å². The molecule has 0 aliphatic carbocycles. The molecule has 162 valence electrons. The van der Waals surface area contributed by atoms with Gasteiger partial charge in [0, 0.05) is 17.2 Å². The van der Waals surface area contributed by atoms with Crippen molar-refractivity contribution in [1.29, 1.82) is 0 Å². The van der Waals surface area contributed by atoms with E-state index in [4.69, 9.17) is 9.72 Å². The molecule has 0 spiro atoms. The van der Waals surface area contributed by atoms with Crippen LogP contribution in [0, 0.1) is 6.92 Å². The first-order chi connectivity index (χ1) is 16.1. The zero-order valence-corrected chi connectivity index (χ0v) is 18.0. The molecule has 2 aromatic heterocycles. The van der Waals surface area contributed by atoms with Crippen molar-refractivity contribution in [2.24, 2.45) is 0 Å². The Morgan fingerprint density at radius 1 is 0.939 bits per heavy atom. The summed E-state index contributed by atoms with van der Waals surface area (Å²) in [6, 6.07) is 29.1. The van der Waals surface area contributed by atoms with E-state index in [0.717, 1.165) is 27.9 Å². The predicted molar refractivity (Wildman–Crippen MR) is 126 cm³/mol. The van der Waals surface area contributed by atoms with E-state index >= 15 is 0 Å². The Kier molecular flexibility index (Phi) is 5.32. The number of nitrogens with zero attached hydrogens (tertiary/aromatic N) is 3. The van der Waals surface area contributed by atoms with Crippen molar-refractivity contribution in [2.45, 2.75) is 13.5 Å². The largest absolute Gasteiger partial charge is 0.488 e. The van der Waals surface area contributed by atoms with Crippen molar-refractivity contribution >= 4 is 11.6 Å². The molecule has 0 aliphatic heterocycles. The van der Waals surface area contributed by atoms with E-state index in [1.807, 2.05) is 91.9 Å². The lowest BCUT2D eigenvalue weighted by molar-refractivity contribution is 0.0690. The summed E-state index contributed by atoms with van der Waals surface area (Å²) in [5.41, 5.74) is 5.77. The van der Waals surface area contributed by atoms with Gasteiger partial charge in [0.1, 0.15) is 12.4 Å². The van der Waals surface area contributed by atoms with Crippen LogP contribution < -0.4 is 4.74 Å². The Bertz CT molecular complexity index is 1440. The monoisotopic (exact) mass is 435 g/mol. The maximum absolute atomic E-state index is 11.6. The Balaban J connectivity index is 1.63. The zero-order chi connectivity index (χ0) is 22.8. The summed E-state index contributed by atoms with van der Waals surface area (Å²) in [4.78, 5) is 16.3. The van der Waals surface area contributed by atoms with Gasteiger partial charge in [-0.05, 0) is 30.7 Å². The SMILES string of the molecule is Cc1ccc(-c2cc(-c3ccccc3OCc3ccccc3)nc3cc(C(=O)O)nn23)cc1. The van der Waals surface area contributed by atoms with E-state index in [1.165, 1.54) is 6.07 Å². The topological polar surface area (TPSA) is 76.7 Å². The molecule has 5 aromatic rings. The minimum absolute atomic E-state index is 0.0541. The van der Waals surface area contributed by atoms with Crippen LogP contribution >= 0.6 is 0 Å². The van der Waals surface area contributed by atoms with E-state index in [0.29, 0.717) is 23.7 Å². The van der Waals surface area contributed by atoms with Crippen LogP contribution in [0.1, 0.15) is 21.6 Å². The molecule has 5 rings (SSSR count). The summed E-state index contributed by atoms with van der Waals surface area (Å²) in [6.45, 7) is 2.45. The number of aromatic nitrogens is 3. The maximum Gasteiger partial charge on any atom is 0.356 e. The van der Waals surface area contributed by atoms with Gasteiger partial charge < -0.3 is 9.84 Å². The molecule has 33 heavy (non-hydrogen) atoms. The van der Waals surface area contributed by atoms with Gasteiger partial charge in [-0.15, -0.1) is 0 Å². The smallest absolute Gasteiger partial charge is 0.356 e. The Morgan fingerprint density at radius 3 is 2.42 bits per heavy atom. The number of hydrogen-bond acceptors (Lipinski definition) is 4. The fraction of sp³-hybridized carbons (Fsp3) is 0.0741. The lowest BCUT2D eigenvalue weighted by Crippen LogP contribution is -2.02. The summed E-state index contributed by atoms with van der Waals surface area (Å²) in [5, 5.41) is 13.7. The van der Waals surface area contributed by atoms with E-state index < -0.39 is 5.97 Å². The van der Waals surface area contributed by atoms with Crippen LogP contribution in [0.4, 0.5) is 0 Å². The molecule has 0 saturated heterocycles. The average molecular weight is 435 g/mol. The van der Waals surface area contributed by atoms with E-state index in [9.17, 15) is 9.90 Å². The quantitative estimate of drug-likeness (QED) is 0.373. The number of rotatable bonds is 6. The summed E-state index contributed by atoms with van der Waals surface area (Å²) >= 11 is 0. The van der Waals surface area contributed by atoms with Crippen LogP contribution in [0.5, 0.6) is 5.75 Å². The molecule has 3 aromatic carbocycles. The second kappa shape index (κ2) is 8.59. The second-order valence-electron chi connectivity index (χ2n) is 7.77. The van der Waals surface area contributed by atoms with Crippen LogP contribution in [0.3, 0.4) is 0 Å². The van der Waals surface area contributed by atoms with Crippen molar-refractivity contribution in [3.05, 3.63) is 108 Å². The Hall–Kier alpha value is -4.45. The fourth-order valence-electron chi connectivity index (χ4n) is 3.69. The molecule has 2 heterocycles. The molecule has 6 nitrogen and oxygen atoms in total. The molecule has 0 unspecified atom stereocenters. The minimum atomic E-state index is -1.09. The number of benzene rings is 3. The van der Waals surface area contributed by atoms with Gasteiger partial charge in [-0.2, -0.15) is 5.10 Å². The van der Waals surface area contributed by atoms with E-state index in [-0.39, 0.29) is 5.69 Å². The number of carbonyl (C=O) groups is 1. The third kappa shape index (κ3) is 4.19. The highest BCUT2D eigenvalue weighted by molar-refractivity contribution is 5.87. The Morgan fingerprint density at radius 2 is 1.67 bits per heavy atom.